The number of hydrogen-bond acceptors (Lipinski definition) is 4. The molecule has 9 heteroatoms. The predicted octanol–water partition coefficient (Wildman–Crippen LogP) is 5.17. The lowest BCUT2D eigenvalue weighted by Gasteiger charge is -2.26. The Hall–Kier alpha value is -4.14. The van der Waals surface area contributed by atoms with Gasteiger partial charge in [0.15, 0.2) is 17.5 Å². The number of cyclic esters (lactones) is 1. The van der Waals surface area contributed by atoms with Crippen molar-refractivity contribution in [3.05, 3.63) is 101 Å². The van der Waals surface area contributed by atoms with E-state index in [1.165, 1.54) is 28.8 Å². The Kier molecular flexibility index (Phi) is 5.35. The quantitative estimate of drug-likeness (QED) is 0.396. The van der Waals surface area contributed by atoms with Gasteiger partial charge in [0.2, 0.25) is 0 Å². The van der Waals surface area contributed by atoms with Crippen molar-refractivity contribution in [1.29, 1.82) is 0 Å². The first-order chi connectivity index (χ1) is 16.7. The molecule has 1 fully saturated rings. The van der Waals surface area contributed by atoms with Crippen LogP contribution in [0.25, 0.3) is 11.0 Å². The molecule has 2 heterocycles. The number of aromatic nitrogens is 2. The van der Waals surface area contributed by atoms with Crippen LogP contribution >= 0.6 is 0 Å². The molecule has 0 radical (unpaired) electrons. The zero-order valence-corrected chi connectivity index (χ0v) is 18.8. The van der Waals surface area contributed by atoms with Crippen LogP contribution in [0.15, 0.2) is 66.7 Å². The third-order valence-corrected chi connectivity index (χ3v) is 6.34. The van der Waals surface area contributed by atoms with E-state index in [0.29, 0.717) is 11.1 Å². The van der Waals surface area contributed by atoms with Crippen LogP contribution in [0.4, 0.5) is 18.0 Å². The summed E-state index contributed by atoms with van der Waals surface area (Å²) in [5.74, 6) is -3.24. The van der Waals surface area contributed by atoms with Crippen LogP contribution in [-0.2, 0) is 28.6 Å². The van der Waals surface area contributed by atoms with Crippen LogP contribution in [0.2, 0.25) is 0 Å². The topological polar surface area (TPSA) is 64.4 Å². The largest absolute Gasteiger partial charge is 0.424 e. The molecule has 6 nitrogen and oxygen atoms in total. The average Bonchev–Trinajstić information content (AvgIpc) is 3.28. The van der Waals surface area contributed by atoms with Gasteiger partial charge in [0.05, 0.1) is 17.1 Å². The maximum absolute atomic E-state index is 14.0. The summed E-state index contributed by atoms with van der Waals surface area (Å²) in [7, 11) is 1.54. The second-order valence-corrected chi connectivity index (χ2v) is 8.51. The summed E-state index contributed by atoms with van der Waals surface area (Å²) >= 11 is 0. The molecule has 2 amide bonds. The number of carbonyl (C=O) groups excluding carboxylic acids is 2. The molecule has 0 spiro atoms. The number of nitrogens with zero attached hydrogens (tertiary/aromatic N) is 3. The monoisotopic (exact) mass is 479 g/mol. The van der Waals surface area contributed by atoms with Crippen LogP contribution in [0.5, 0.6) is 0 Å². The van der Waals surface area contributed by atoms with Gasteiger partial charge in [-0.2, -0.15) is 0 Å². The number of amides is 2. The number of carbonyl (C=O) groups is 2. The predicted molar refractivity (Wildman–Crippen MR) is 121 cm³/mol. The van der Waals surface area contributed by atoms with Gasteiger partial charge in [0, 0.05) is 25.6 Å². The van der Waals surface area contributed by atoms with E-state index in [0.717, 1.165) is 17.0 Å². The third kappa shape index (κ3) is 3.63. The Morgan fingerprint density at radius 2 is 1.63 bits per heavy atom. The van der Waals surface area contributed by atoms with Crippen molar-refractivity contribution in [2.75, 3.05) is 0 Å². The molecule has 0 aliphatic carbocycles. The lowest BCUT2D eigenvalue weighted by atomic mass is 9.91. The van der Waals surface area contributed by atoms with Crippen molar-refractivity contribution in [3.63, 3.8) is 0 Å². The summed E-state index contributed by atoms with van der Waals surface area (Å²) in [6.45, 7) is 1.63. The number of benzene rings is 3. The third-order valence-electron chi connectivity index (χ3n) is 6.34. The minimum atomic E-state index is -1.88. The molecule has 0 saturated carbocycles. The molecule has 1 saturated heterocycles. The van der Waals surface area contributed by atoms with E-state index < -0.39 is 41.1 Å². The first kappa shape index (κ1) is 22.6. The molecule has 4 aromatic rings. The molecular weight excluding hydrogens is 459 g/mol. The molecule has 2 atom stereocenters. The molecule has 1 aromatic heterocycles. The average molecular weight is 479 g/mol. The Morgan fingerprint density at radius 1 is 0.971 bits per heavy atom. The summed E-state index contributed by atoms with van der Waals surface area (Å²) in [4.78, 5) is 32.5. The maximum atomic E-state index is 14.0. The fourth-order valence-corrected chi connectivity index (χ4v) is 4.51. The van der Waals surface area contributed by atoms with Gasteiger partial charge < -0.3 is 9.30 Å². The summed E-state index contributed by atoms with van der Waals surface area (Å²) in [6.07, 6.45) is -0.945. The zero-order chi connectivity index (χ0) is 24.9. The zero-order valence-electron chi connectivity index (χ0n) is 18.8. The van der Waals surface area contributed by atoms with E-state index >= 15 is 0 Å². The Labute approximate surface area is 198 Å². The number of imidazole rings is 1. The van der Waals surface area contributed by atoms with E-state index in [-0.39, 0.29) is 23.3 Å². The number of hydrogen-bond donors (Lipinski definition) is 0. The molecule has 5 rings (SSSR count). The molecule has 35 heavy (non-hydrogen) atoms. The Bertz CT molecular complexity index is 1450. The Morgan fingerprint density at radius 3 is 2.31 bits per heavy atom. The first-order valence-electron chi connectivity index (χ1n) is 10.9. The molecule has 0 N–H and O–H groups in total. The van der Waals surface area contributed by atoms with Gasteiger partial charge >= 0.3 is 6.09 Å². The molecule has 1 aliphatic rings. The number of fused-ring (bicyclic) bond motifs is 1. The highest BCUT2D eigenvalue weighted by molar-refractivity contribution is 6.04. The molecular formula is C26H20F3N3O3. The van der Waals surface area contributed by atoms with Gasteiger partial charge in [0.25, 0.3) is 11.5 Å². The highest BCUT2D eigenvalue weighted by Gasteiger charge is 2.59. The van der Waals surface area contributed by atoms with E-state index in [2.05, 4.69) is 4.98 Å². The van der Waals surface area contributed by atoms with Gasteiger partial charge in [-0.1, -0.05) is 42.5 Å². The van der Waals surface area contributed by atoms with E-state index in [4.69, 9.17) is 4.74 Å². The SMILES string of the molecule is C[C@H](c1ccc(F)cc1)N1C(=O)O[C@](Cc2ccccc2)(c2nc3cc(F)c(F)cc3n2C)C1=O. The Balaban J connectivity index is 1.66. The first-order valence-corrected chi connectivity index (χ1v) is 10.9. The summed E-state index contributed by atoms with van der Waals surface area (Å²) < 4.78 is 48.6. The van der Waals surface area contributed by atoms with Gasteiger partial charge in [-0.05, 0) is 30.2 Å². The molecule has 1 aliphatic heterocycles. The second kappa shape index (κ2) is 8.26. The molecule has 0 unspecified atom stereocenters. The number of halogens is 3. The molecule has 178 valence electrons. The van der Waals surface area contributed by atoms with Crippen molar-refractivity contribution >= 4 is 23.0 Å². The van der Waals surface area contributed by atoms with E-state index in [1.54, 1.807) is 38.2 Å². The molecule has 0 bridgehead atoms. The van der Waals surface area contributed by atoms with E-state index in [9.17, 15) is 22.8 Å². The highest BCUT2D eigenvalue weighted by Crippen LogP contribution is 2.41. The number of aryl methyl sites for hydroxylation is 1. The molecule has 3 aromatic carbocycles. The van der Waals surface area contributed by atoms with E-state index in [1.807, 2.05) is 6.07 Å². The van der Waals surface area contributed by atoms with Crippen molar-refractivity contribution in [2.45, 2.75) is 25.0 Å². The summed E-state index contributed by atoms with van der Waals surface area (Å²) in [5.41, 5.74) is -0.313. The van der Waals surface area contributed by atoms with Gasteiger partial charge in [-0.3, -0.25) is 4.79 Å². The minimum Gasteiger partial charge on any atom is -0.424 e. The van der Waals surface area contributed by atoms with Crippen LogP contribution in [-0.4, -0.2) is 26.5 Å². The smallest absolute Gasteiger partial charge is 0.418 e. The second-order valence-electron chi connectivity index (χ2n) is 8.51. The van der Waals surface area contributed by atoms with Crippen molar-refractivity contribution < 1.29 is 27.5 Å². The lowest BCUT2D eigenvalue weighted by Crippen LogP contribution is -2.43. The fraction of sp³-hybridized carbons (Fsp3) is 0.192. The standard InChI is InChI=1S/C26H20F3N3O3/c1-15(17-8-10-18(27)11-9-17)32-24(33)26(35-25(32)34,14-16-6-4-3-5-7-16)23-30-21-12-19(28)20(29)13-22(21)31(23)2/h3-13,15H,14H2,1-2H3/t15-,26-/m1/s1. The van der Waals surface area contributed by atoms with Crippen molar-refractivity contribution in [1.82, 2.24) is 14.5 Å². The number of ether oxygens (including phenoxy) is 1. The fourth-order valence-electron chi connectivity index (χ4n) is 4.51. The van der Waals surface area contributed by atoms with Gasteiger partial charge in [-0.15, -0.1) is 0 Å². The highest BCUT2D eigenvalue weighted by atomic mass is 19.2. The van der Waals surface area contributed by atoms with Gasteiger partial charge in [0.1, 0.15) is 5.82 Å². The van der Waals surface area contributed by atoms with Crippen molar-refractivity contribution in [2.24, 2.45) is 7.05 Å². The van der Waals surface area contributed by atoms with Gasteiger partial charge in [-0.25, -0.2) is 27.8 Å². The van der Waals surface area contributed by atoms with Crippen LogP contribution in [0.3, 0.4) is 0 Å². The summed E-state index contributed by atoms with van der Waals surface area (Å²) in [6, 6.07) is 15.5. The van der Waals surface area contributed by atoms with Crippen LogP contribution in [0.1, 0.15) is 29.9 Å². The van der Waals surface area contributed by atoms with Crippen LogP contribution in [0, 0.1) is 17.5 Å². The summed E-state index contributed by atoms with van der Waals surface area (Å²) in [5, 5.41) is 0. The van der Waals surface area contributed by atoms with Crippen LogP contribution < -0.4 is 0 Å². The number of imide groups is 1. The van der Waals surface area contributed by atoms with Crippen molar-refractivity contribution in [3.8, 4) is 0 Å². The minimum absolute atomic E-state index is 0.0357. The normalized spacial score (nSPS) is 18.8. The number of rotatable bonds is 5. The maximum Gasteiger partial charge on any atom is 0.418 e. The lowest BCUT2D eigenvalue weighted by molar-refractivity contribution is -0.139.